The van der Waals surface area contributed by atoms with Gasteiger partial charge in [-0.25, -0.2) is 4.68 Å². The molecule has 1 saturated heterocycles. The Hall–Kier alpha value is -2.34. The summed E-state index contributed by atoms with van der Waals surface area (Å²) in [5.74, 6) is 1.72. The van der Waals surface area contributed by atoms with Gasteiger partial charge in [-0.3, -0.25) is 4.79 Å². The molecule has 1 saturated carbocycles. The number of aryl methyl sites for hydroxylation is 1. The van der Waals surface area contributed by atoms with Gasteiger partial charge in [-0.1, -0.05) is 32.0 Å². The van der Waals surface area contributed by atoms with E-state index >= 15 is 0 Å². The van der Waals surface area contributed by atoms with Crippen LogP contribution in [0.15, 0.2) is 30.3 Å². The van der Waals surface area contributed by atoms with Gasteiger partial charge in [0.15, 0.2) is 0 Å². The maximum Gasteiger partial charge on any atom is 0.226 e. The van der Waals surface area contributed by atoms with Crippen LogP contribution >= 0.6 is 0 Å². The Morgan fingerprint density at radius 3 is 2.39 bits per heavy atom. The van der Waals surface area contributed by atoms with E-state index in [1.807, 2.05) is 6.07 Å². The summed E-state index contributed by atoms with van der Waals surface area (Å²) in [5.41, 5.74) is 3.30. The van der Waals surface area contributed by atoms with Crippen molar-refractivity contribution in [2.75, 3.05) is 37.6 Å². The topological polar surface area (TPSA) is 44.6 Å². The second-order valence-electron chi connectivity index (χ2n) is 9.05. The van der Waals surface area contributed by atoms with Gasteiger partial charge in [0.25, 0.3) is 0 Å². The van der Waals surface area contributed by atoms with E-state index in [-0.39, 0.29) is 12.0 Å². The van der Waals surface area contributed by atoms with Crippen LogP contribution in [0.3, 0.4) is 0 Å². The van der Waals surface area contributed by atoms with Crippen molar-refractivity contribution in [2.45, 2.75) is 59.5 Å². The van der Waals surface area contributed by atoms with Crippen LogP contribution in [-0.4, -0.2) is 64.3 Å². The summed E-state index contributed by atoms with van der Waals surface area (Å²) in [7, 11) is 0. The van der Waals surface area contributed by atoms with Gasteiger partial charge in [-0.15, -0.1) is 0 Å². The number of likely N-dealkylation sites (N-methyl/N-ethyl adjacent to an activating group) is 1. The van der Waals surface area contributed by atoms with E-state index in [0.717, 1.165) is 69.2 Å². The van der Waals surface area contributed by atoms with Crippen LogP contribution in [0.2, 0.25) is 0 Å². The lowest BCUT2D eigenvalue weighted by molar-refractivity contribution is -0.135. The number of hydrogen-bond donors (Lipinski definition) is 0. The highest BCUT2D eigenvalue weighted by molar-refractivity contribution is 5.81. The quantitative estimate of drug-likeness (QED) is 0.647. The minimum atomic E-state index is 0.232. The Kier molecular flexibility index (Phi) is 6.65. The van der Waals surface area contributed by atoms with Crippen LogP contribution in [0.4, 0.5) is 5.82 Å². The first kappa shape index (κ1) is 21.9. The lowest BCUT2D eigenvalue weighted by Crippen LogP contribution is -2.47. The number of piperazine rings is 1. The van der Waals surface area contributed by atoms with E-state index in [1.54, 1.807) is 0 Å². The molecule has 6 nitrogen and oxygen atoms in total. The molecule has 4 rings (SSSR count). The van der Waals surface area contributed by atoms with Gasteiger partial charge >= 0.3 is 0 Å². The number of rotatable bonds is 8. The molecule has 1 aliphatic carbocycles. The van der Waals surface area contributed by atoms with Crippen molar-refractivity contribution < 1.29 is 4.79 Å². The van der Waals surface area contributed by atoms with Crippen LogP contribution in [0.25, 0.3) is 5.69 Å². The van der Waals surface area contributed by atoms with E-state index in [0.29, 0.717) is 12.5 Å². The minimum absolute atomic E-state index is 0.232. The number of carbonyl (C=O) groups excluding carboxylic acids is 1. The molecule has 2 aromatic rings. The second kappa shape index (κ2) is 9.43. The molecule has 2 fully saturated rings. The van der Waals surface area contributed by atoms with E-state index < -0.39 is 0 Å². The summed E-state index contributed by atoms with van der Waals surface area (Å²) in [6, 6.07) is 10.6. The molecule has 0 radical (unpaired) electrons. The fourth-order valence-electron chi connectivity index (χ4n) is 4.49. The third kappa shape index (κ3) is 4.64. The zero-order valence-corrected chi connectivity index (χ0v) is 19.5. The standard InChI is InChI=1S/C25H37N5O/c1-5-19(3)29(25(31)21-12-13-21)18-23-20(4)26-30(22-10-8-7-9-11-22)24(23)28-16-14-27(6-2)15-17-28/h7-11,19,21H,5-6,12-18H2,1-4H3/t19-/m1/s1. The van der Waals surface area contributed by atoms with Gasteiger partial charge in [-0.2, -0.15) is 5.10 Å². The van der Waals surface area contributed by atoms with E-state index in [9.17, 15) is 4.79 Å². The molecule has 0 bridgehead atoms. The Morgan fingerprint density at radius 2 is 1.81 bits per heavy atom. The summed E-state index contributed by atoms with van der Waals surface area (Å²) >= 11 is 0. The van der Waals surface area contributed by atoms with Gasteiger partial charge in [0.2, 0.25) is 5.91 Å². The molecule has 6 heteroatoms. The average molecular weight is 424 g/mol. The van der Waals surface area contributed by atoms with E-state index in [4.69, 9.17) is 5.10 Å². The highest BCUT2D eigenvalue weighted by Crippen LogP contribution is 2.35. The lowest BCUT2D eigenvalue weighted by Gasteiger charge is -2.37. The van der Waals surface area contributed by atoms with Gasteiger partial charge in [-0.05, 0) is 51.8 Å². The highest BCUT2D eigenvalue weighted by Gasteiger charge is 2.36. The van der Waals surface area contributed by atoms with Gasteiger partial charge < -0.3 is 14.7 Å². The van der Waals surface area contributed by atoms with Crippen LogP contribution in [0.5, 0.6) is 0 Å². The summed E-state index contributed by atoms with van der Waals surface area (Å²) in [6.45, 7) is 14.5. The molecule has 0 N–H and O–H groups in total. The summed E-state index contributed by atoms with van der Waals surface area (Å²) in [5, 5.41) is 4.98. The van der Waals surface area contributed by atoms with Gasteiger partial charge in [0.1, 0.15) is 5.82 Å². The van der Waals surface area contributed by atoms with Crippen LogP contribution in [0, 0.1) is 12.8 Å². The number of anilines is 1. The van der Waals surface area contributed by atoms with Crippen molar-refractivity contribution in [1.82, 2.24) is 19.6 Å². The smallest absolute Gasteiger partial charge is 0.226 e. The Balaban J connectivity index is 1.72. The maximum absolute atomic E-state index is 13.1. The van der Waals surface area contributed by atoms with Crippen molar-refractivity contribution in [2.24, 2.45) is 5.92 Å². The Bertz CT molecular complexity index is 881. The molecule has 1 aromatic heterocycles. The van der Waals surface area contributed by atoms with Crippen LogP contribution in [0.1, 0.15) is 51.3 Å². The maximum atomic E-state index is 13.1. The predicted octanol–water partition coefficient (Wildman–Crippen LogP) is 3.86. The van der Waals surface area contributed by atoms with Crippen LogP contribution in [-0.2, 0) is 11.3 Å². The second-order valence-corrected chi connectivity index (χ2v) is 9.05. The predicted molar refractivity (Wildman–Crippen MR) is 126 cm³/mol. The monoisotopic (exact) mass is 423 g/mol. The number of carbonyl (C=O) groups is 1. The SMILES string of the molecule is CC[C@@H](C)N(Cc1c(C)nn(-c2ccccc2)c1N1CCN(CC)CC1)C(=O)C1CC1. The minimum Gasteiger partial charge on any atom is -0.354 e. The first-order valence-corrected chi connectivity index (χ1v) is 11.9. The molecule has 0 spiro atoms. The molecule has 1 amide bonds. The van der Waals surface area contributed by atoms with Crippen molar-refractivity contribution >= 4 is 11.7 Å². The largest absolute Gasteiger partial charge is 0.354 e. The van der Waals surface area contributed by atoms with Gasteiger partial charge in [0.05, 0.1) is 17.9 Å². The first-order valence-electron chi connectivity index (χ1n) is 11.9. The number of nitrogens with zero attached hydrogens (tertiary/aromatic N) is 5. The van der Waals surface area contributed by atoms with E-state index in [2.05, 4.69) is 71.3 Å². The molecular weight excluding hydrogens is 386 g/mol. The van der Waals surface area contributed by atoms with E-state index in [1.165, 1.54) is 5.56 Å². The molecule has 31 heavy (non-hydrogen) atoms. The molecule has 0 unspecified atom stereocenters. The lowest BCUT2D eigenvalue weighted by atomic mass is 10.1. The third-order valence-electron chi connectivity index (χ3n) is 6.94. The number of hydrogen-bond acceptors (Lipinski definition) is 4. The van der Waals surface area contributed by atoms with Crippen molar-refractivity contribution in [3.63, 3.8) is 0 Å². The van der Waals surface area contributed by atoms with Crippen LogP contribution < -0.4 is 4.90 Å². The summed E-state index contributed by atoms with van der Waals surface area (Å²) < 4.78 is 2.10. The number of para-hydroxylation sites is 1. The molecule has 1 aromatic carbocycles. The zero-order valence-electron chi connectivity index (χ0n) is 19.5. The fourth-order valence-corrected chi connectivity index (χ4v) is 4.49. The first-order chi connectivity index (χ1) is 15.0. The molecular formula is C25H37N5O. The van der Waals surface area contributed by atoms with Crippen molar-refractivity contribution in [3.05, 3.63) is 41.6 Å². The highest BCUT2D eigenvalue weighted by atomic mass is 16.2. The fraction of sp³-hybridized carbons (Fsp3) is 0.600. The summed E-state index contributed by atoms with van der Waals surface area (Å²) in [4.78, 5) is 20.2. The number of aromatic nitrogens is 2. The molecule has 2 heterocycles. The molecule has 1 aliphatic heterocycles. The van der Waals surface area contributed by atoms with Crippen molar-refractivity contribution in [3.8, 4) is 5.69 Å². The normalized spacial score (nSPS) is 18.3. The summed E-state index contributed by atoms with van der Waals surface area (Å²) in [6.07, 6.45) is 3.05. The van der Waals surface area contributed by atoms with Gasteiger partial charge in [0, 0.05) is 43.7 Å². The molecule has 1 atom stereocenters. The Morgan fingerprint density at radius 1 is 1.13 bits per heavy atom. The average Bonchev–Trinajstić information content (AvgIpc) is 3.61. The number of amides is 1. The zero-order chi connectivity index (χ0) is 22.0. The van der Waals surface area contributed by atoms with Crippen molar-refractivity contribution in [1.29, 1.82) is 0 Å². The third-order valence-corrected chi connectivity index (χ3v) is 6.94. The molecule has 2 aliphatic rings. The molecule has 168 valence electrons. The Labute approximate surface area is 186 Å². The number of benzene rings is 1.